The molecule has 1 saturated heterocycles. The molecule has 1 aliphatic rings. The van der Waals surface area contributed by atoms with Crippen LogP contribution in [0.25, 0.3) is 0 Å². The van der Waals surface area contributed by atoms with Crippen LogP contribution in [-0.4, -0.2) is 31.9 Å². The molecule has 1 fully saturated rings. The highest BCUT2D eigenvalue weighted by molar-refractivity contribution is 5.48. The minimum Gasteiger partial charge on any atom is -0.505 e. The monoisotopic (exact) mass is 241 g/mol. The summed E-state index contributed by atoms with van der Waals surface area (Å²) < 4.78 is 24.4. The average molecular weight is 241 g/mol. The number of hydrogen-bond acceptors (Lipinski definition) is 4. The van der Waals surface area contributed by atoms with E-state index in [4.69, 9.17) is 9.47 Å². The summed E-state index contributed by atoms with van der Waals surface area (Å²) in [6, 6.07) is 1.70. The van der Waals surface area contributed by atoms with E-state index in [-0.39, 0.29) is 17.6 Å². The van der Waals surface area contributed by atoms with Crippen molar-refractivity contribution in [1.29, 1.82) is 0 Å². The molecular formula is C12H16FNO3. The minimum atomic E-state index is -0.725. The normalized spacial score (nSPS) is 20.3. The predicted octanol–water partition coefficient (Wildman–Crippen LogP) is 1.51. The first-order valence-corrected chi connectivity index (χ1v) is 5.53. The van der Waals surface area contributed by atoms with Crippen LogP contribution in [-0.2, 0) is 4.74 Å². The third-order valence-corrected chi connectivity index (χ3v) is 2.89. The number of phenols is 1. The summed E-state index contributed by atoms with van der Waals surface area (Å²) in [7, 11) is 1.38. The first-order chi connectivity index (χ1) is 8.15. The zero-order chi connectivity index (χ0) is 12.4. The first-order valence-electron chi connectivity index (χ1n) is 5.53. The van der Waals surface area contributed by atoms with Crippen molar-refractivity contribution in [1.82, 2.24) is 5.32 Å². The summed E-state index contributed by atoms with van der Waals surface area (Å²) in [6.07, 6.45) is -0.243. The smallest absolute Gasteiger partial charge is 0.207 e. The van der Waals surface area contributed by atoms with Gasteiger partial charge in [-0.3, -0.25) is 0 Å². The van der Waals surface area contributed by atoms with E-state index in [2.05, 4.69) is 5.32 Å². The Hall–Kier alpha value is -1.33. The number of halogens is 1. The molecule has 1 atom stereocenters. The van der Waals surface area contributed by atoms with Gasteiger partial charge in [-0.25, -0.2) is 0 Å². The number of rotatable bonds is 2. The SMILES string of the molecule is COc1c(C2CNCCO2)cc(C)c(O)c1F. The molecule has 94 valence electrons. The summed E-state index contributed by atoms with van der Waals surface area (Å²) in [6.45, 7) is 3.63. The van der Waals surface area contributed by atoms with Crippen molar-refractivity contribution in [2.75, 3.05) is 26.8 Å². The highest BCUT2D eigenvalue weighted by atomic mass is 19.1. The second-order valence-corrected chi connectivity index (χ2v) is 4.04. The predicted molar refractivity (Wildman–Crippen MR) is 60.9 cm³/mol. The van der Waals surface area contributed by atoms with Crippen molar-refractivity contribution in [2.45, 2.75) is 13.0 Å². The molecule has 0 aliphatic carbocycles. The second kappa shape index (κ2) is 4.89. The number of phenolic OH excluding ortho intramolecular Hbond substituents is 1. The molecule has 1 aromatic carbocycles. The molecule has 2 rings (SSSR count). The highest BCUT2D eigenvalue weighted by Crippen LogP contribution is 2.37. The minimum absolute atomic E-state index is 0.0572. The van der Waals surface area contributed by atoms with Crippen LogP contribution in [0.2, 0.25) is 0 Å². The summed E-state index contributed by atoms with van der Waals surface area (Å²) in [5.41, 5.74) is 1.11. The fraction of sp³-hybridized carbons (Fsp3) is 0.500. The molecule has 0 aromatic heterocycles. The summed E-state index contributed by atoms with van der Waals surface area (Å²) in [5.74, 6) is -1.03. The van der Waals surface area contributed by atoms with Crippen molar-refractivity contribution in [3.8, 4) is 11.5 Å². The van der Waals surface area contributed by atoms with Crippen molar-refractivity contribution in [3.63, 3.8) is 0 Å². The second-order valence-electron chi connectivity index (χ2n) is 4.04. The van der Waals surface area contributed by atoms with E-state index in [1.165, 1.54) is 7.11 Å². The van der Waals surface area contributed by atoms with Crippen LogP contribution in [0.1, 0.15) is 17.2 Å². The number of nitrogens with one attached hydrogen (secondary N) is 1. The van der Waals surface area contributed by atoms with Crippen LogP contribution in [0.5, 0.6) is 11.5 Å². The van der Waals surface area contributed by atoms with Gasteiger partial charge in [-0.1, -0.05) is 0 Å². The maximum Gasteiger partial charge on any atom is 0.207 e. The van der Waals surface area contributed by atoms with Crippen LogP contribution in [0.15, 0.2) is 6.07 Å². The van der Waals surface area contributed by atoms with Crippen LogP contribution >= 0.6 is 0 Å². The quantitative estimate of drug-likeness (QED) is 0.824. The molecule has 0 spiro atoms. The fourth-order valence-electron chi connectivity index (χ4n) is 1.99. The Balaban J connectivity index is 2.44. The molecule has 1 unspecified atom stereocenters. The molecule has 0 bridgehead atoms. The van der Waals surface area contributed by atoms with E-state index in [1.807, 2.05) is 0 Å². The van der Waals surface area contributed by atoms with Crippen molar-refractivity contribution < 1.29 is 19.0 Å². The Morgan fingerprint density at radius 3 is 2.94 bits per heavy atom. The Morgan fingerprint density at radius 1 is 1.59 bits per heavy atom. The number of aryl methyl sites for hydroxylation is 1. The molecule has 2 N–H and O–H groups in total. The highest BCUT2D eigenvalue weighted by Gasteiger charge is 2.24. The lowest BCUT2D eigenvalue weighted by Gasteiger charge is -2.26. The number of methoxy groups -OCH3 is 1. The molecule has 1 heterocycles. The zero-order valence-electron chi connectivity index (χ0n) is 9.92. The topological polar surface area (TPSA) is 50.7 Å². The van der Waals surface area contributed by atoms with Crippen LogP contribution < -0.4 is 10.1 Å². The van der Waals surface area contributed by atoms with Gasteiger partial charge in [-0.2, -0.15) is 4.39 Å². The Morgan fingerprint density at radius 2 is 2.35 bits per heavy atom. The van der Waals surface area contributed by atoms with Crippen molar-refractivity contribution in [2.24, 2.45) is 0 Å². The summed E-state index contributed by atoms with van der Waals surface area (Å²) >= 11 is 0. The fourth-order valence-corrected chi connectivity index (χ4v) is 1.99. The van der Waals surface area contributed by atoms with Crippen LogP contribution in [0.4, 0.5) is 4.39 Å². The maximum atomic E-state index is 13.8. The van der Waals surface area contributed by atoms with E-state index in [9.17, 15) is 9.50 Å². The number of benzene rings is 1. The van der Waals surface area contributed by atoms with E-state index < -0.39 is 5.82 Å². The lowest BCUT2D eigenvalue weighted by atomic mass is 10.0. The third-order valence-electron chi connectivity index (χ3n) is 2.89. The summed E-state index contributed by atoms with van der Waals surface area (Å²) in [4.78, 5) is 0. The van der Waals surface area contributed by atoms with E-state index >= 15 is 0 Å². The van der Waals surface area contributed by atoms with Crippen LogP contribution in [0, 0.1) is 12.7 Å². The van der Waals surface area contributed by atoms with E-state index in [0.29, 0.717) is 24.3 Å². The molecule has 17 heavy (non-hydrogen) atoms. The molecular weight excluding hydrogens is 225 g/mol. The number of morpholine rings is 1. The standard InChI is InChI=1S/C12H16FNO3/c1-7-5-8(9-6-14-3-4-17-9)12(16-2)10(13)11(7)15/h5,9,14-15H,3-4,6H2,1-2H3. The zero-order valence-corrected chi connectivity index (χ0v) is 9.92. The van der Waals surface area contributed by atoms with Gasteiger partial charge >= 0.3 is 0 Å². The number of ether oxygens (including phenoxy) is 2. The van der Waals surface area contributed by atoms with Gasteiger partial charge in [0, 0.05) is 18.7 Å². The maximum absolute atomic E-state index is 13.8. The molecule has 0 amide bonds. The lowest BCUT2D eigenvalue weighted by molar-refractivity contribution is 0.0258. The van der Waals surface area contributed by atoms with E-state index in [1.54, 1.807) is 13.0 Å². The van der Waals surface area contributed by atoms with Gasteiger partial charge < -0.3 is 19.9 Å². The molecule has 0 radical (unpaired) electrons. The van der Waals surface area contributed by atoms with Gasteiger partial charge in [0.2, 0.25) is 5.82 Å². The van der Waals surface area contributed by atoms with Gasteiger partial charge in [0.15, 0.2) is 11.5 Å². The Labute approximate surface area is 99.4 Å². The average Bonchev–Trinajstić information content (AvgIpc) is 2.36. The van der Waals surface area contributed by atoms with Gasteiger partial charge in [-0.05, 0) is 18.6 Å². The van der Waals surface area contributed by atoms with E-state index in [0.717, 1.165) is 6.54 Å². The van der Waals surface area contributed by atoms with Crippen molar-refractivity contribution >= 4 is 0 Å². The van der Waals surface area contributed by atoms with Gasteiger partial charge in [-0.15, -0.1) is 0 Å². The molecule has 1 aliphatic heterocycles. The molecule has 4 nitrogen and oxygen atoms in total. The number of hydrogen-bond donors (Lipinski definition) is 2. The van der Waals surface area contributed by atoms with Gasteiger partial charge in [0.25, 0.3) is 0 Å². The number of aromatic hydroxyl groups is 1. The third kappa shape index (κ3) is 2.21. The molecule has 5 heteroatoms. The lowest BCUT2D eigenvalue weighted by Crippen LogP contribution is -2.33. The van der Waals surface area contributed by atoms with Gasteiger partial charge in [0.1, 0.15) is 0 Å². The summed E-state index contributed by atoms with van der Waals surface area (Å²) in [5, 5.41) is 12.7. The molecule has 1 aromatic rings. The van der Waals surface area contributed by atoms with Crippen molar-refractivity contribution in [3.05, 3.63) is 23.0 Å². The Bertz CT molecular complexity index is 417. The van der Waals surface area contributed by atoms with Gasteiger partial charge in [0.05, 0.1) is 19.8 Å². The Kier molecular flexibility index (Phi) is 3.49. The largest absolute Gasteiger partial charge is 0.505 e. The molecule has 0 saturated carbocycles. The first kappa shape index (κ1) is 12.1. The van der Waals surface area contributed by atoms with Crippen LogP contribution in [0.3, 0.4) is 0 Å².